The number of hydrogen-bond acceptors (Lipinski definition) is 19. The van der Waals surface area contributed by atoms with Crippen molar-refractivity contribution in [1.29, 1.82) is 0 Å². The Balaban J connectivity index is 1.29. The zero-order valence-corrected chi connectivity index (χ0v) is 49.0. The van der Waals surface area contributed by atoms with Gasteiger partial charge in [-0.2, -0.15) is 0 Å². The monoisotopic (exact) mass is 1110 g/mol. The Morgan fingerprint density at radius 2 is 1.58 bits per heavy atom. The second-order valence-corrected chi connectivity index (χ2v) is 23.3. The van der Waals surface area contributed by atoms with Crippen molar-refractivity contribution in [3.8, 4) is 0 Å². The highest BCUT2D eigenvalue weighted by molar-refractivity contribution is 5.88. The summed E-state index contributed by atoms with van der Waals surface area (Å²) < 4.78 is 73.3. The van der Waals surface area contributed by atoms with E-state index in [2.05, 4.69) is 27.6 Å². The van der Waals surface area contributed by atoms with Crippen LogP contribution in [0.2, 0.25) is 0 Å². The van der Waals surface area contributed by atoms with E-state index in [1.54, 1.807) is 55.0 Å². The van der Waals surface area contributed by atoms with E-state index in [-0.39, 0.29) is 19.3 Å². The lowest BCUT2D eigenvalue weighted by Crippen LogP contribution is -2.61. The molecule has 444 valence electrons. The van der Waals surface area contributed by atoms with Gasteiger partial charge in [0.2, 0.25) is 0 Å². The maximum Gasteiger partial charge on any atom is 0.311 e. The van der Waals surface area contributed by atoms with Gasteiger partial charge in [-0.3, -0.25) is 4.79 Å². The van der Waals surface area contributed by atoms with E-state index in [1.165, 1.54) is 31.4 Å². The minimum absolute atomic E-state index is 0.0967. The molecule has 0 spiro atoms. The van der Waals surface area contributed by atoms with E-state index < -0.39 is 133 Å². The summed E-state index contributed by atoms with van der Waals surface area (Å²) in [6.45, 7) is 18.8. The maximum absolute atomic E-state index is 15.0. The molecule has 0 bridgehead atoms. The number of benzene rings is 1. The van der Waals surface area contributed by atoms with Crippen LogP contribution in [0.4, 0.5) is 4.39 Å². The van der Waals surface area contributed by atoms with E-state index in [9.17, 15) is 29.6 Å². The van der Waals surface area contributed by atoms with E-state index >= 15 is 0 Å². The molecule has 4 fully saturated rings. The molecule has 0 saturated carbocycles. The topological polar surface area (TPSA) is 237 Å². The van der Waals surface area contributed by atoms with Gasteiger partial charge in [0, 0.05) is 83.9 Å². The molecule has 20 atom stereocenters. The molecule has 6 rings (SSSR count). The standard InChI is InChI=1S/C57H94FN5O15/c1-16-44-57(10,68)50(65)34(4)46(60-72-15)32(2)28-56(9,71-14)52(35(5)48(36(6)53(67)76-44)77-45-29-55(8,70-13)51(66)37(7)75-45)78-54-47(64)42(27-33(3)74-54)62(11)24-21-41-31-63(61-59-41)43(30-58)49(69-12)40-19-17-38(18-20-40)39-22-25-73-26-23-39/h17-20,31-37,39,42-45,47-52,54,64-66,68H,16,21-30H2,1-15H3/b60-46+/t32-,33-,34+,35+,36-,37+,42+,43-,44-,45+,47-,48+,49-,50-,51+,52-,54+,55-,56-,57-/m1/s1. The Morgan fingerprint density at radius 1 is 0.910 bits per heavy atom. The molecule has 1 aromatic carbocycles. The number of oxime groups is 1. The number of rotatable bonds is 18. The summed E-state index contributed by atoms with van der Waals surface area (Å²) in [5.74, 6) is -3.39. The Kier molecular flexibility index (Phi) is 22.6. The molecule has 4 saturated heterocycles. The number of hydrogen-bond donors (Lipinski definition) is 4. The van der Waals surface area contributed by atoms with Gasteiger partial charge in [0.1, 0.15) is 49.8 Å². The van der Waals surface area contributed by atoms with Crippen molar-refractivity contribution in [2.75, 3.05) is 61.9 Å². The molecule has 5 heterocycles. The van der Waals surface area contributed by atoms with E-state index in [0.29, 0.717) is 36.7 Å². The van der Waals surface area contributed by atoms with Crippen molar-refractivity contribution in [3.63, 3.8) is 0 Å². The van der Waals surface area contributed by atoms with Gasteiger partial charge in [-0.1, -0.05) is 62.3 Å². The molecular formula is C57H94FN5O15. The number of aliphatic hydroxyl groups excluding tert-OH is 3. The van der Waals surface area contributed by atoms with Crippen LogP contribution in [-0.4, -0.2) is 198 Å². The lowest BCUT2D eigenvalue weighted by molar-refractivity contribution is -0.319. The summed E-state index contributed by atoms with van der Waals surface area (Å²) in [4.78, 5) is 22.0. The number of alkyl halides is 1. The second-order valence-electron chi connectivity index (χ2n) is 23.3. The zero-order valence-electron chi connectivity index (χ0n) is 49.0. The van der Waals surface area contributed by atoms with E-state index in [1.807, 2.05) is 51.8 Å². The predicted molar refractivity (Wildman–Crippen MR) is 287 cm³/mol. The van der Waals surface area contributed by atoms with Gasteiger partial charge in [-0.25, -0.2) is 9.07 Å². The highest BCUT2D eigenvalue weighted by atomic mass is 19.1. The van der Waals surface area contributed by atoms with Crippen molar-refractivity contribution >= 4 is 11.7 Å². The molecule has 2 aromatic rings. The van der Waals surface area contributed by atoms with Gasteiger partial charge < -0.3 is 72.8 Å². The Bertz CT molecular complexity index is 2200. The Morgan fingerprint density at radius 3 is 2.18 bits per heavy atom. The SMILES string of the molecule is CC[C@H]1OC(=O)[C@H](C)[C@@H](O[C@H]2C[C@@](C)(OC)[C@@H](O)[C@H](C)O2)[C@H](C)[C@@H](O[C@@H]2O[C@H](C)C[C@H](N(C)CCc3cn([C@H](CF)[C@H](OC)c4ccc(C5CCOCC5)cc4)nn3)[C@H]2O)[C@](C)(OC)C[C@@H](C)/C(=N\OC)[C@H](C)[C@@H](O)[C@]1(C)O. The number of likely N-dealkylation sites (N-methyl/N-ethyl adjacent to an activating group) is 1. The number of methoxy groups -OCH3 is 3. The summed E-state index contributed by atoms with van der Waals surface area (Å²) in [6, 6.07) is 6.95. The molecule has 0 radical (unpaired) electrons. The van der Waals surface area contributed by atoms with Crippen LogP contribution < -0.4 is 0 Å². The van der Waals surface area contributed by atoms with Crippen LogP contribution in [0.1, 0.15) is 143 Å². The zero-order chi connectivity index (χ0) is 57.4. The van der Waals surface area contributed by atoms with Gasteiger partial charge in [0.15, 0.2) is 12.6 Å². The third-order valence-electron chi connectivity index (χ3n) is 17.7. The van der Waals surface area contributed by atoms with Crippen LogP contribution in [0, 0.1) is 23.7 Å². The smallest absolute Gasteiger partial charge is 0.311 e. The summed E-state index contributed by atoms with van der Waals surface area (Å²) >= 11 is 0. The average Bonchev–Trinajstić information content (AvgIpc) is 3.90. The van der Waals surface area contributed by atoms with Gasteiger partial charge in [0.05, 0.1) is 59.0 Å². The first-order chi connectivity index (χ1) is 36.9. The van der Waals surface area contributed by atoms with Crippen LogP contribution in [0.25, 0.3) is 0 Å². The largest absolute Gasteiger partial charge is 0.459 e. The van der Waals surface area contributed by atoms with Crippen LogP contribution in [0.15, 0.2) is 35.6 Å². The molecule has 4 aliphatic rings. The molecule has 1 aromatic heterocycles. The van der Waals surface area contributed by atoms with Crippen LogP contribution in [-0.2, 0) is 58.7 Å². The summed E-state index contributed by atoms with van der Waals surface area (Å²) in [5, 5.41) is 60.8. The summed E-state index contributed by atoms with van der Waals surface area (Å²) in [6.07, 6.45) is -5.83. The number of aliphatic hydroxyl groups is 4. The van der Waals surface area contributed by atoms with Gasteiger partial charge >= 0.3 is 5.97 Å². The van der Waals surface area contributed by atoms with E-state index in [4.69, 9.17) is 47.5 Å². The molecule has 0 aliphatic carbocycles. The first kappa shape index (κ1) is 63.9. The van der Waals surface area contributed by atoms with Crippen molar-refractivity contribution in [1.82, 2.24) is 19.9 Å². The summed E-state index contributed by atoms with van der Waals surface area (Å²) in [5.41, 5.74) is -1.16. The molecule has 0 unspecified atom stereocenters. The minimum atomic E-state index is -1.93. The van der Waals surface area contributed by atoms with E-state index in [0.717, 1.165) is 31.6 Å². The van der Waals surface area contributed by atoms with Crippen LogP contribution in [0.5, 0.6) is 0 Å². The minimum Gasteiger partial charge on any atom is -0.459 e. The molecule has 0 amide bonds. The van der Waals surface area contributed by atoms with Crippen molar-refractivity contribution in [2.45, 2.75) is 217 Å². The fourth-order valence-electron chi connectivity index (χ4n) is 12.6. The summed E-state index contributed by atoms with van der Waals surface area (Å²) in [7, 11) is 7.94. The highest BCUT2D eigenvalue weighted by Gasteiger charge is 2.54. The number of aromatic nitrogens is 3. The number of cyclic esters (lactones) is 1. The lowest BCUT2D eigenvalue weighted by Gasteiger charge is -2.50. The average molecular weight is 1110 g/mol. The fourth-order valence-corrected chi connectivity index (χ4v) is 12.6. The van der Waals surface area contributed by atoms with Crippen molar-refractivity contribution < 1.29 is 77.1 Å². The Hall–Kier alpha value is -3.29. The molecule has 4 N–H and O–H groups in total. The maximum atomic E-state index is 15.0. The Labute approximate surface area is 461 Å². The molecule has 78 heavy (non-hydrogen) atoms. The van der Waals surface area contributed by atoms with Gasteiger partial charge in [0.25, 0.3) is 0 Å². The first-order valence-electron chi connectivity index (χ1n) is 28.1. The lowest BCUT2D eigenvalue weighted by atomic mass is 9.73. The number of nitrogens with zero attached hydrogens (tertiary/aromatic N) is 5. The molecule has 4 aliphatic heterocycles. The quantitative estimate of drug-likeness (QED) is 0.101. The number of ether oxygens (including phenoxy) is 9. The fraction of sp³-hybridized carbons (Fsp3) is 0.825. The van der Waals surface area contributed by atoms with Crippen LogP contribution in [0.3, 0.4) is 0 Å². The van der Waals surface area contributed by atoms with Crippen LogP contribution >= 0.6 is 0 Å². The molecule has 21 heteroatoms. The third-order valence-corrected chi connectivity index (χ3v) is 17.7. The normalized spacial score (nSPS) is 39.4. The number of carbonyl (C=O) groups excluding carboxylic acids is 1. The van der Waals surface area contributed by atoms with Gasteiger partial charge in [-0.05, 0) is 97.7 Å². The van der Waals surface area contributed by atoms with Crippen molar-refractivity contribution in [2.24, 2.45) is 28.8 Å². The number of halogens is 1. The third kappa shape index (κ3) is 14.3. The number of carbonyl (C=O) groups is 1. The second kappa shape index (κ2) is 27.7. The van der Waals surface area contributed by atoms with Gasteiger partial charge in [-0.15, -0.1) is 5.10 Å². The van der Waals surface area contributed by atoms with Crippen molar-refractivity contribution in [3.05, 3.63) is 47.3 Å². The first-order valence-corrected chi connectivity index (χ1v) is 28.1. The highest BCUT2D eigenvalue weighted by Crippen LogP contribution is 2.43. The molecule has 20 nitrogen and oxygen atoms in total. The molecular weight excluding hydrogens is 1010 g/mol. The number of esters is 1. The predicted octanol–water partition coefficient (Wildman–Crippen LogP) is 5.87.